The molecule has 0 aliphatic carbocycles. The van der Waals surface area contributed by atoms with E-state index in [0.29, 0.717) is 31.1 Å². The lowest BCUT2D eigenvalue weighted by Crippen LogP contribution is -2.16. The van der Waals surface area contributed by atoms with E-state index in [1.54, 1.807) is 13.0 Å². The molecule has 1 aliphatic rings. The van der Waals surface area contributed by atoms with Crippen LogP contribution in [0.4, 0.5) is 0 Å². The Morgan fingerprint density at radius 2 is 2.41 bits per heavy atom. The second-order valence-electron chi connectivity index (χ2n) is 3.69. The summed E-state index contributed by atoms with van der Waals surface area (Å²) in [5.41, 5.74) is 1.46. The highest BCUT2D eigenvalue weighted by Gasteiger charge is 2.20. The first-order valence-corrected chi connectivity index (χ1v) is 6.34. The summed E-state index contributed by atoms with van der Waals surface area (Å²) in [5, 5.41) is 3.23. The standard InChI is InChI=1S/C12H14BrNO3/c1-2-16-12(15)10-6-9(13)5-8-7-14-3-4-17-11(8)10/h5-6,14H,2-4,7H2,1H3. The van der Waals surface area contributed by atoms with Crippen molar-refractivity contribution in [2.24, 2.45) is 0 Å². The molecule has 0 saturated carbocycles. The van der Waals surface area contributed by atoms with Crippen LogP contribution >= 0.6 is 15.9 Å². The summed E-state index contributed by atoms with van der Waals surface area (Å²) in [6.45, 7) is 4.17. The van der Waals surface area contributed by atoms with Crippen molar-refractivity contribution in [1.29, 1.82) is 0 Å². The van der Waals surface area contributed by atoms with Crippen LogP contribution in [0.15, 0.2) is 16.6 Å². The van der Waals surface area contributed by atoms with Gasteiger partial charge in [-0.1, -0.05) is 15.9 Å². The minimum Gasteiger partial charge on any atom is -0.491 e. The van der Waals surface area contributed by atoms with Crippen molar-refractivity contribution in [3.05, 3.63) is 27.7 Å². The van der Waals surface area contributed by atoms with Crippen molar-refractivity contribution in [3.8, 4) is 5.75 Å². The first-order chi connectivity index (χ1) is 8.22. The third-order valence-electron chi connectivity index (χ3n) is 2.47. The summed E-state index contributed by atoms with van der Waals surface area (Å²) in [7, 11) is 0. The molecule has 1 heterocycles. The van der Waals surface area contributed by atoms with Crippen LogP contribution in [0.3, 0.4) is 0 Å². The number of benzene rings is 1. The first-order valence-electron chi connectivity index (χ1n) is 5.55. The molecule has 1 N–H and O–H groups in total. The largest absolute Gasteiger partial charge is 0.491 e. The highest BCUT2D eigenvalue weighted by atomic mass is 79.9. The molecule has 5 heteroatoms. The maximum Gasteiger partial charge on any atom is 0.341 e. The predicted octanol–water partition coefficient (Wildman–Crippen LogP) is 2.11. The molecule has 0 amide bonds. The summed E-state index contributed by atoms with van der Waals surface area (Å²) in [5.74, 6) is 0.295. The van der Waals surface area contributed by atoms with Gasteiger partial charge in [0.15, 0.2) is 0 Å². The lowest BCUT2D eigenvalue weighted by atomic mass is 10.1. The van der Waals surface area contributed by atoms with Crippen molar-refractivity contribution in [1.82, 2.24) is 5.32 Å². The number of ether oxygens (including phenoxy) is 2. The maximum atomic E-state index is 11.8. The molecule has 0 spiro atoms. The van der Waals surface area contributed by atoms with Gasteiger partial charge in [-0.3, -0.25) is 0 Å². The van der Waals surface area contributed by atoms with E-state index >= 15 is 0 Å². The summed E-state index contributed by atoms with van der Waals surface area (Å²) in [4.78, 5) is 11.8. The predicted molar refractivity (Wildman–Crippen MR) is 67.3 cm³/mol. The Balaban J connectivity index is 2.43. The van der Waals surface area contributed by atoms with Crippen LogP contribution in [-0.2, 0) is 11.3 Å². The van der Waals surface area contributed by atoms with Crippen molar-refractivity contribution in [2.75, 3.05) is 19.8 Å². The molecule has 0 atom stereocenters. The van der Waals surface area contributed by atoms with Crippen LogP contribution in [-0.4, -0.2) is 25.7 Å². The Hall–Kier alpha value is -1.07. The summed E-state index contributed by atoms with van der Waals surface area (Å²) >= 11 is 3.40. The van der Waals surface area contributed by atoms with Crippen molar-refractivity contribution < 1.29 is 14.3 Å². The lowest BCUT2D eigenvalue weighted by molar-refractivity contribution is 0.0521. The fourth-order valence-corrected chi connectivity index (χ4v) is 2.27. The minimum atomic E-state index is -0.341. The van der Waals surface area contributed by atoms with Crippen LogP contribution in [0.2, 0.25) is 0 Å². The average Bonchev–Trinajstić information content (AvgIpc) is 2.53. The third-order valence-corrected chi connectivity index (χ3v) is 2.92. The molecule has 17 heavy (non-hydrogen) atoms. The van der Waals surface area contributed by atoms with E-state index in [9.17, 15) is 4.79 Å². The minimum absolute atomic E-state index is 0.341. The Morgan fingerprint density at radius 1 is 1.59 bits per heavy atom. The van der Waals surface area contributed by atoms with Crippen LogP contribution in [0.1, 0.15) is 22.8 Å². The Kier molecular flexibility index (Phi) is 4.02. The van der Waals surface area contributed by atoms with Gasteiger partial charge in [0, 0.05) is 23.1 Å². The third kappa shape index (κ3) is 2.79. The average molecular weight is 300 g/mol. The molecule has 0 unspecified atom stereocenters. The fourth-order valence-electron chi connectivity index (χ4n) is 1.76. The number of carbonyl (C=O) groups excluding carboxylic acids is 1. The number of hydrogen-bond donors (Lipinski definition) is 1. The number of hydrogen-bond acceptors (Lipinski definition) is 4. The Morgan fingerprint density at radius 3 is 3.18 bits per heavy atom. The van der Waals surface area contributed by atoms with Crippen LogP contribution in [0.5, 0.6) is 5.75 Å². The van der Waals surface area contributed by atoms with Crippen molar-refractivity contribution in [2.45, 2.75) is 13.5 Å². The Bertz CT molecular complexity index is 434. The van der Waals surface area contributed by atoms with Gasteiger partial charge in [0.1, 0.15) is 17.9 Å². The molecule has 0 bridgehead atoms. The van der Waals surface area contributed by atoms with E-state index in [4.69, 9.17) is 9.47 Å². The van der Waals surface area contributed by atoms with E-state index in [1.165, 1.54) is 0 Å². The van der Waals surface area contributed by atoms with Crippen molar-refractivity contribution >= 4 is 21.9 Å². The molecule has 0 aromatic heterocycles. The molecule has 92 valence electrons. The van der Waals surface area contributed by atoms with Gasteiger partial charge in [-0.25, -0.2) is 4.79 Å². The Labute approximate surface area is 108 Å². The van der Waals surface area contributed by atoms with E-state index in [2.05, 4.69) is 21.2 Å². The molecule has 4 nitrogen and oxygen atoms in total. The lowest BCUT2D eigenvalue weighted by Gasteiger charge is -2.12. The van der Waals surface area contributed by atoms with E-state index in [0.717, 1.165) is 16.6 Å². The normalized spacial score (nSPS) is 14.5. The first kappa shape index (κ1) is 12.4. The van der Waals surface area contributed by atoms with Crippen LogP contribution in [0, 0.1) is 0 Å². The van der Waals surface area contributed by atoms with Gasteiger partial charge >= 0.3 is 5.97 Å². The van der Waals surface area contributed by atoms with Gasteiger partial charge in [-0.15, -0.1) is 0 Å². The maximum absolute atomic E-state index is 11.8. The van der Waals surface area contributed by atoms with Gasteiger partial charge in [0.2, 0.25) is 0 Å². The molecule has 0 fully saturated rings. The number of esters is 1. The second kappa shape index (κ2) is 5.51. The molecule has 0 saturated heterocycles. The number of fused-ring (bicyclic) bond motifs is 1. The summed E-state index contributed by atoms with van der Waals surface area (Å²) < 4.78 is 11.5. The van der Waals surface area contributed by atoms with Gasteiger partial charge in [0.25, 0.3) is 0 Å². The number of carbonyl (C=O) groups is 1. The molecule has 1 aliphatic heterocycles. The zero-order valence-electron chi connectivity index (χ0n) is 9.59. The van der Waals surface area contributed by atoms with Gasteiger partial charge in [-0.2, -0.15) is 0 Å². The zero-order valence-corrected chi connectivity index (χ0v) is 11.2. The molecular weight excluding hydrogens is 286 g/mol. The van der Waals surface area contributed by atoms with E-state index < -0.39 is 0 Å². The smallest absolute Gasteiger partial charge is 0.341 e. The number of rotatable bonds is 2. The topological polar surface area (TPSA) is 47.6 Å². The van der Waals surface area contributed by atoms with Crippen molar-refractivity contribution in [3.63, 3.8) is 0 Å². The van der Waals surface area contributed by atoms with Crippen LogP contribution < -0.4 is 10.1 Å². The molecule has 1 aromatic rings. The molecule has 1 aromatic carbocycles. The molecular formula is C12H14BrNO3. The fraction of sp³-hybridized carbons (Fsp3) is 0.417. The molecule has 0 radical (unpaired) electrons. The molecule has 2 rings (SSSR count). The SMILES string of the molecule is CCOC(=O)c1cc(Br)cc2c1OCCNC2. The second-order valence-corrected chi connectivity index (χ2v) is 4.60. The van der Waals surface area contributed by atoms with E-state index in [-0.39, 0.29) is 5.97 Å². The van der Waals surface area contributed by atoms with Crippen LogP contribution in [0.25, 0.3) is 0 Å². The monoisotopic (exact) mass is 299 g/mol. The van der Waals surface area contributed by atoms with Gasteiger partial charge in [-0.05, 0) is 19.1 Å². The van der Waals surface area contributed by atoms with Gasteiger partial charge in [0.05, 0.1) is 6.61 Å². The number of nitrogens with one attached hydrogen (secondary N) is 1. The van der Waals surface area contributed by atoms with E-state index in [1.807, 2.05) is 6.07 Å². The summed E-state index contributed by atoms with van der Waals surface area (Å²) in [6.07, 6.45) is 0. The zero-order chi connectivity index (χ0) is 12.3. The summed E-state index contributed by atoms with van der Waals surface area (Å²) in [6, 6.07) is 3.69. The highest BCUT2D eigenvalue weighted by molar-refractivity contribution is 9.10. The quantitative estimate of drug-likeness (QED) is 0.850. The number of halogens is 1. The highest BCUT2D eigenvalue weighted by Crippen LogP contribution is 2.30. The van der Waals surface area contributed by atoms with Gasteiger partial charge < -0.3 is 14.8 Å².